The summed E-state index contributed by atoms with van der Waals surface area (Å²) < 4.78 is 14.2. The Morgan fingerprint density at radius 1 is 1.33 bits per heavy atom. The Morgan fingerprint density at radius 2 is 2.00 bits per heavy atom. The van der Waals surface area contributed by atoms with Crippen LogP contribution >= 0.6 is 11.6 Å². The van der Waals surface area contributed by atoms with E-state index in [-0.39, 0.29) is 17.8 Å². The van der Waals surface area contributed by atoms with Crippen LogP contribution < -0.4 is 0 Å². The number of hydrogen-bond acceptors (Lipinski definition) is 3. The normalized spacial score (nSPS) is 12.1. The molecule has 1 aromatic heterocycles. The van der Waals surface area contributed by atoms with Crippen LogP contribution in [0.5, 0.6) is 0 Å². The van der Waals surface area contributed by atoms with Gasteiger partial charge in [-0.1, -0.05) is 30.7 Å². The summed E-state index contributed by atoms with van der Waals surface area (Å²) in [6.07, 6.45) is 1.73. The summed E-state index contributed by atoms with van der Waals surface area (Å²) in [6, 6.07) is 6.78. The van der Waals surface area contributed by atoms with E-state index in [1.807, 2.05) is 0 Å². The van der Waals surface area contributed by atoms with E-state index in [9.17, 15) is 14.3 Å². The van der Waals surface area contributed by atoms with Crippen LogP contribution in [-0.4, -0.2) is 21.0 Å². The highest BCUT2D eigenvalue weighted by molar-refractivity contribution is 6.30. The van der Waals surface area contributed by atoms with Gasteiger partial charge in [0, 0.05) is 5.02 Å². The second-order valence-corrected chi connectivity index (χ2v) is 5.03. The van der Waals surface area contributed by atoms with Gasteiger partial charge in [-0.25, -0.2) is 14.4 Å². The average molecular weight is 309 g/mol. The summed E-state index contributed by atoms with van der Waals surface area (Å²) in [5.41, 5.74) is 0.898. The fourth-order valence-electron chi connectivity index (χ4n) is 2.07. The van der Waals surface area contributed by atoms with Crippen molar-refractivity contribution in [1.82, 2.24) is 9.97 Å². The van der Waals surface area contributed by atoms with Crippen LogP contribution in [0.1, 0.15) is 29.8 Å². The Kier molecular flexibility index (Phi) is 4.85. The Hall–Kier alpha value is -2.01. The molecule has 110 valence electrons. The molecule has 1 aromatic carbocycles. The van der Waals surface area contributed by atoms with Crippen molar-refractivity contribution in [2.24, 2.45) is 0 Å². The lowest BCUT2D eigenvalue weighted by Gasteiger charge is -2.14. The van der Waals surface area contributed by atoms with Gasteiger partial charge in [-0.3, -0.25) is 4.79 Å². The van der Waals surface area contributed by atoms with E-state index in [1.54, 1.807) is 31.2 Å². The molecule has 0 radical (unpaired) electrons. The molecule has 4 nitrogen and oxygen atoms in total. The lowest BCUT2D eigenvalue weighted by molar-refractivity contribution is -0.138. The number of nitrogens with zero attached hydrogens (tertiary/aromatic N) is 2. The predicted octanol–water partition coefficient (Wildman–Crippen LogP) is 3.24. The van der Waals surface area contributed by atoms with Crippen molar-refractivity contribution in [2.75, 3.05) is 0 Å². The number of carboxylic acid groups (broad SMARTS) is 1. The van der Waals surface area contributed by atoms with Gasteiger partial charge >= 0.3 is 5.97 Å². The third-order valence-corrected chi connectivity index (χ3v) is 3.46. The first kappa shape index (κ1) is 15.4. The average Bonchev–Trinajstić information content (AvgIpc) is 2.47. The van der Waals surface area contributed by atoms with Crippen molar-refractivity contribution in [1.29, 1.82) is 0 Å². The highest BCUT2D eigenvalue weighted by Crippen LogP contribution is 2.24. The fraction of sp³-hybridized carbons (Fsp3) is 0.267. The third kappa shape index (κ3) is 3.55. The predicted molar refractivity (Wildman–Crippen MR) is 76.9 cm³/mol. The number of aliphatic carboxylic acids is 1. The number of carbonyl (C=O) groups is 1. The maximum absolute atomic E-state index is 14.2. The molecule has 6 heteroatoms. The molecule has 0 bridgehead atoms. The first-order valence-electron chi connectivity index (χ1n) is 6.49. The summed E-state index contributed by atoms with van der Waals surface area (Å²) in [6.45, 7) is 1.75. The van der Waals surface area contributed by atoms with Crippen molar-refractivity contribution in [3.8, 4) is 0 Å². The van der Waals surface area contributed by atoms with Gasteiger partial charge in [0.1, 0.15) is 12.2 Å². The van der Waals surface area contributed by atoms with Gasteiger partial charge in [0.25, 0.3) is 0 Å². The second-order valence-electron chi connectivity index (χ2n) is 4.59. The number of hydrogen-bond donors (Lipinski definition) is 1. The van der Waals surface area contributed by atoms with Crippen LogP contribution in [0.25, 0.3) is 0 Å². The zero-order valence-electron chi connectivity index (χ0n) is 11.4. The highest BCUT2D eigenvalue weighted by Gasteiger charge is 2.26. The monoisotopic (exact) mass is 308 g/mol. The molecule has 1 unspecified atom stereocenters. The van der Waals surface area contributed by atoms with Crippen LogP contribution in [0.4, 0.5) is 4.39 Å². The maximum atomic E-state index is 14.2. The maximum Gasteiger partial charge on any atom is 0.313 e. The number of benzene rings is 1. The molecule has 1 atom stereocenters. The SMILES string of the molecule is CCc1ncnc(C(Cc2ccc(Cl)cc2)C(=O)O)c1F. The number of carboxylic acids is 1. The van der Waals surface area contributed by atoms with Crippen LogP contribution in [-0.2, 0) is 17.6 Å². The van der Waals surface area contributed by atoms with Crippen LogP contribution in [0.15, 0.2) is 30.6 Å². The molecule has 2 rings (SSSR count). The number of aryl methyl sites for hydroxylation is 1. The number of halogens is 2. The smallest absolute Gasteiger partial charge is 0.313 e. The molecule has 1 N–H and O–H groups in total. The van der Waals surface area contributed by atoms with Gasteiger partial charge in [0.2, 0.25) is 0 Å². The van der Waals surface area contributed by atoms with E-state index in [2.05, 4.69) is 9.97 Å². The van der Waals surface area contributed by atoms with Gasteiger partial charge in [-0.15, -0.1) is 0 Å². The number of aromatic nitrogens is 2. The Morgan fingerprint density at radius 3 is 2.57 bits per heavy atom. The minimum Gasteiger partial charge on any atom is -0.481 e. The molecule has 21 heavy (non-hydrogen) atoms. The summed E-state index contributed by atoms with van der Waals surface area (Å²) in [5.74, 6) is -2.81. The molecule has 0 saturated carbocycles. The van der Waals surface area contributed by atoms with Crippen molar-refractivity contribution in [3.05, 3.63) is 58.4 Å². The Balaban J connectivity index is 2.35. The van der Waals surface area contributed by atoms with Gasteiger partial charge in [-0.05, 0) is 30.5 Å². The zero-order chi connectivity index (χ0) is 15.4. The van der Waals surface area contributed by atoms with Gasteiger partial charge in [0.15, 0.2) is 5.82 Å². The van der Waals surface area contributed by atoms with Crippen molar-refractivity contribution in [3.63, 3.8) is 0 Å². The second kappa shape index (κ2) is 6.63. The van der Waals surface area contributed by atoms with Gasteiger partial charge < -0.3 is 5.11 Å². The van der Waals surface area contributed by atoms with Crippen LogP contribution in [0.2, 0.25) is 5.02 Å². The van der Waals surface area contributed by atoms with Crippen LogP contribution in [0, 0.1) is 5.82 Å². The molecule has 0 spiro atoms. The lowest BCUT2D eigenvalue weighted by Crippen LogP contribution is -2.19. The zero-order valence-corrected chi connectivity index (χ0v) is 12.1. The largest absolute Gasteiger partial charge is 0.481 e. The Bertz CT molecular complexity index is 647. The van der Waals surface area contributed by atoms with Gasteiger partial charge in [0.05, 0.1) is 11.4 Å². The van der Waals surface area contributed by atoms with Crippen LogP contribution in [0.3, 0.4) is 0 Å². The lowest BCUT2D eigenvalue weighted by atomic mass is 9.95. The van der Waals surface area contributed by atoms with Crippen molar-refractivity contribution in [2.45, 2.75) is 25.7 Å². The Labute approximate surface area is 126 Å². The summed E-state index contributed by atoms with van der Waals surface area (Å²) in [5, 5.41) is 9.94. The van der Waals surface area contributed by atoms with E-state index >= 15 is 0 Å². The van der Waals surface area contributed by atoms with E-state index in [0.717, 1.165) is 5.56 Å². The van der Waals surface area contributed by atoms with E-state index in [1.165, 1.54) is 6.33 Å². The van der Waals surface area contributed by atoms with E-state index < -0.39 is 17.7 Å². The van der Waals surface area contributed by atoms with E-state index in [4.69, 9.17) is 11.6 Å². The molecule has 0 aliphatic rings. The molecule has 0 saturated heterocycles. The quantitative estimate of drug-likeness (QED) is 0.921. The minimum absolute atomic E-state index is 0.0794. The molecular formula is C15H14ClFN2O2. The van der Waals surface area contributed by atoms with Crippen molar-refractivity contribution >= 4 is 17.6 Å². The molecule has 2 aromatic rings. The minimum atomic E-state index is -1.12. The molecule has 0 amide bonds. The van der Waals surface area contributed by atoms with Gasteiger partial charge in [-0.2, -0.15) is 0 Å². The first-order chi connectivity index (χ1) is 10.0. The molecule has 0 aliphatic carbocycles. The summed E-state index contributed by atoms with van der Waals surface area (Å²) in [7, 11) is 0. The van der Waals surface area contributed by atoms with Crippen molar-refractivity contribution < 1.29 is 14.3 Å². The number of rotatable bonds is 5. The highest BCUT2D eigenvalue weighted by atomic mass is 35.5. The third-order valence-electron chi connectivity index (χ3n) is 3.20. The molecule has 0 aliphatic heterocycles. The van der Waals surface area contributed by atoms with E-state index in [0.29, 0.717) is 11.4 Å². The molecular weight excluding hydrogens is 295 g/mol. The molecule has 0 fully saturated rings. The summed E-state index contributed by atoms with van der Waals surface area (Å²) in [4.78, 5) is 19.1. The molecule has 1 heterocycles. The standard InChI is InChI=1S/C15H14ClFN2O2/c1-2-12-13(17)14(19-8-18-12)11(15(20)21)7-9-3-5-10(16)6-4-9/h3-6,8,11H,2,7H2,1H3,(H,20,21). The summed E-state index contributed by atoms with van der Waals surface area (Å²) >= 11 is 5.80. The fourth-order valence-corrected chi connectivity index (χ4v) is 2.19. The topological polar surface area (TPSA) is 63.1 Å². The first-order valence-corrected chi connectivity index (χ1v) is 6.87.